The minimum absolute atomic E-state index is 0.0569. The van der Waals surface area contributed by atoms with E-state index >= 15 is 0 Å². The molecule has 0 saturated heterocycles. The molecule has 2 N–H and O–H groups in total. The molecule has 1 heterocycles. The van der Waals surface area contributed by atoms with Crippen molar-refractivity contribution in [3.05, 3.63) is 59.7 Å². The molecule has 1 unspecified atom stereocenters. The van der Waals surface area contributed by atoms with Gasteiger partial charge in [0.05, 0.1) is 7.11 Å². The summed E-state index contributed by atoms with van der Waals surface area (Å²) in [4.78, 5) is 6.09. The lowest BCUT2D eigenvalue weighted by atomic mass is 10.0. The number of pyridine rings is 1. The number of hydrogen-bond acceptors (Lipinski definition) is 4. The largest absolute Gasteiger partial charge is 0.494 e. The Morgan fingerprint density at radius 2 is 2.00 bits per heavy atom. The van der Waals surface area contributed by atoms with Crippen LogP contribution in [-0.2, 0) is 6.54 Å². The molecule has 0 bridgehead atoms. The zero-order valence-corrected chi connectivity index (χ0v) is 12.3. The van der Waals surface area contributed by atoms with Gasteiger partial charge >= 0.3 is 0 Å². The normalized spacial score (nSPS) is 12.4. The standard InChI is InChI=1S/C16H20FN3O/c1-20(11-12-5-7-19-8-6-12)15(10-18)13-3-4-16(21-2)14(17)9-13/h3-9,15H,10-11,18H2,1-2H3. The lowest BCUT2D eigenvalue weighted by molar-refractivity contribution is 0.241. The monoisotopic (exact) mass is 289 g/mol. The topological polar surface area (TPSA) is 51.4 Å². The Kier molecular flexibility index (Phi) is 5.25. The summed E-state index contributed by atoms with van der Waals surface area (Å²) in [5.74, 6) is -0.128. The number of methoxy groups -OCH3 is 1. The van der Waals surface area contributed by atoms with E-state index in [1.54, 1.807) is 18.5 Å². The van der Waals surface area contributed by atoms with Gasteiger partial charge in [0.25, 0.3) is 0 Å². The molecule has 1 aromatic heterocycles. The maximum absolute atomic E-state index is 13.8. The maximum Gasteiger partial charge on any atom is 0.165 e. The lowest BCUT2D eigenvalue weighted by Gasteiger charge is -2.27. The molecule has 1 aromatic carbocycles. The first kappa shape index (κ1) is 15.4. The molecule has 2 rings (SSSR count). The number of benzene rings is 1. The fraction of sp³-hybridized carbons (Fsp3) is 0.312. The minimum Gasteiger partial charge on any atom is -0.494 e. The van der Waals surface area contributed by atoms with Crippen LogP contribution in [0.2, 0.25) is 0 Å². The summed E-state index contributed by atoms with van der Waals surface area (Å²) in [5.41, 5.74) is 7.85. The van der Waals surface area contributed by atoms with Crippen molar-refractivity contribution in [3.8, 4) is 5.75 Å². The van der Waals surface area contributed by atoms with Gasteiger partial charge in [-0.2, -0.15) is 0 Å². The number of likely N-dealkylation sites (N-methyl/N-ethyl adjacent to an activating group) is 1. The van der Waals surface area contributed by atoms with E-state index in [0.717, 1.165) is 17.7 Å². The molecular formula is C16H20FN3O. The van der Waals surface area contributed by atoms with Crippen molar-refractivity contribution in [3.63, 3.8) is 0 Å². The third kappa shape index (κ3) is 3.77. The average molecular weight is 289 g/mol. The fourth-order valence-corrected chi connectivity index (χ4v) is 2.35. The molecule has 0 amide bonds. The van der Waals surface area contributed by atoms with Gasteiger partial charge in [0.15, 0.2) is 11.6 Å². The van der Waals surface area contributed by atoms with E-state index in [0.29, 0.717) is 6.54 Å². The van der Waals surface area contributed by atoms with Gasteiger partial charge in [-0.1, -0.05) is 6.07 Å². The molecular weight excluding hydrogens is 269 g/mol. The van der Waals surface area contributed by atoms with E-state index in [1.807, 2.05) is 25.2 Å². The summed E-state index contributed by atoms with van der Waals surface area (Å²) in [7, 11) is 3.42. The molecule has 4 nitrogen and oxygen atoms in total. The zero-order chi connectivity index (χ0) is 15.2. The average Bonchev–Trinajstić information content (AvgIpc) is 2.49. The van der Waals surface area contributed by atoms with E-state index in [-0.39, 0.29) is 17.6 Å². The van der Waals surface area contributed by atoms with Crippen molar-refractivity contribution < 1.29 is 9.13 Å². The minimum atomic E-state index is -0.370. The maximum atomic E-state index is 13.8. The molecule has 0 aliphatic rings. The molecule has 0 radical (unpaired) electrons. The molecule has 5 heteroatoms. The predicted octanol–water partition coefficient (Wildman–Crippen LogP) is 2.36. The second-order valence-corrected chi connectivity index (χ2v) is 4.92. The first-order chi connectivity index (χ1) is 10.2. The Morgan fingerprint density at radius 3 is 2.57 bits per heavy atom. The zero-order valence-electron chi connectivity index (χ0n) is 12.3. The Labute approximate surface area is 124 Å². The van der Waals surface area contributed by atoms with Crippen LogP contribution in [0.1, 0.15) is 17.2 Å². The van der Waals surface area contributed by atoms with E-state index in [9.17, 15) is 4.39 Å². The molecule has 112 valence electrons. The highest BCUT2D eigenvalue weighted by Crippen LogP contribution is 2.25. The fourth-order valence-electron chi connectivity index (χ4n) is 2.35. The van der Waals surface area contributed by atoms with Gasteiger partial charge in [0.2, 0.25) is 0 Å². The van der Waals surface area contributed by atoms with Crippen LogP contribution >= 0.6 is 0 Å². The van der Waals surface area contributed by atoms with Crippen LogP contribution in [0.3, 0.4) is 0 Å². The van der Waals surface area contributed by atoms with Gasteiger partial charge in [0.1, 0.15) is 0 Å². The third-order valence-electron chi connectivity index (χ3n) is 3.50. The number of rotatable bonds is 6. The van der Waals surface area contributed by atoms with Crippen molar-refractivity contribution in [2.45, 2.75) is 12.6 Å². The van der Waals surface area contributed by atoms with E-state index < -0.39 is 0 Å². The quantitative estimate of drug-likeness (QED) is 0.887. The summed E-state index contributed by atoms with van der Waals surface area (Å²) in [6, 6.07) is 8.82. The molecule has 0 spiro atoms. The van der Waals surface area contributed by atoms with Gasteiger partial charge in [0, 0.05) is 31.5 Å². The number of aromatic nitrogens is 1. The Hall–Kier alpha value is -1.98. The third-order valence-corrected chi connectivity index (χ3v) is 3.50. The highest BCUT2D eigenvalue weighted by Gasteiger charge is 2.17. The SMILES string of the molecule is COc1ccc(C(CN)N(C)Cc2ccncc2)cc1F. The van der Waals surface area contributed by atoms with Gasteiger partial charge in [-0.05, 0) is 42.4 Å². The van der Waals surface area contributed by atoms with Crippen molar-refractivity contribution in [2.75, 3.05) is 20.7 Å². The van der Waals surface area contributed by atoms with E-state index in [4.69, 9.17) is 10.5 Å². The number of halogens is 1. The van der Waals surface area contributed by atoms with Gasteiger partial charge in [-0.15, -0.1) is 0 Å². The molecule has 0 fully saturated rings. The smallest absolute Gasteiger partial charge is 0.165 e. The summed E-state index contributed by atoms with van der Waals surface area (Å²) >= 11 is 0. The van der Waals surface area contributed by atoms with Crippen LogP contribution in [0.5, 0.6) is 5.75 Å². The number of hydrogen-bond donors (Lipinski definition) is 1. The molecule has 0 aliphatic heterocycles. The van der Waals surface area contributed by atoms with Crippen molar-refractivity contribution in [2.24, 2.45) is 5.73 Å². The number of nitrogens with zero attached hydrogens (tertiary/aromatic N) is 2. The first-order valence-corrected chi connectivity index (χ1v) is 6.78. The van der Waals surface area contributed by atoms with Crippen molar-refractivity contribution >= 4 is 0 Å². The second-order valence-electron chi connectivity index (χ2n) is 4.92. The van der Waals surface area contributed by atoms with Gasteiger partial charge < -0.3 is 10.5 Å². The Balaban J connectivity index is 2.16. The van der Waals surface area contributed by atoms with Crippen LogP contribution < -0.4 is 10.5 Å². The van der Waals surface area contributed by atoms with Crippen molar-refractivity contribution in [1.82, 2.24) is 9.88 Å². The summed E-state index contributed by atoms with van der Waals surface area (Å²) < 4.78 is 18.8. The van der Waals surface area contributed by atoms with E-state index in [2.05, 4.69) is 9.88 Å². The number of nitrogens with two attached hydrogens (primary N) is 1. The Bertz CT molecular complexity index is 577. The van der Waals surface area contributed by atoms with Crippen LogP contribution in [-0.4, -0.2) is 30.6 Å². The molecule has 1 atom stereocenters. The predicted molar refractivity (Wildman–Crippen MR) is 80.5 cm³/mol. The summed E-state index contributed by atoms with van der Waals surface area (Å²) in [6.07, 6.45) is 3.52. The van der Waals surface area contributed by atoms with Crippen LogP contribution in [0.25, 0.3) is 0 Å². The molecule has 0 saturated carbocycles. The van der Waals surface area contributed by atoms with Crippen molar-refractivity contribution in [1.29, 1.82) is 0 Å². The van der Waals surface area contributed by atoms with Crippen LogP contribution in [0.4, 0.5) is 4.39 Å². The summed E-state index contributed by atoms with van der Waals surface area (Å²) in [5, 5.41) is 0. The van der Waals surface area contributed by atoms with Gasteiger partial charge in [-0.25, -0.2) is 4.39 Å². The van der Waals surface area contributed by atoms with E-state index in [1.165, 1.54) is 13.2 Å². The first-order valence-electron chi connectivity index (χ1n) is 6.78. The molecule has 2 aromatic rings. The van der Waals surface area contributed by atoms with Crippen LogP contribution in [0, 0.1) is 5.82 Å². The number of ether oxygens (including phenoxy) is 1. The molecule has 0 aliphatic carbocycles. The lowest BCUT2D eigenvalue weighted by Crippen LogP contribution is -2.30. The summed E-state index contributed by atoms with van der Waals surface area (Å²) in [6.45, 7) is 1.13. The molecule has 21 heavy (non-hydrogen) atoms. The highest BCUT2D eigenvalue weighted by molar-refractivity contribution is 5.31. The second kappa shape index (κ2) is 7.15. The van der Waals surface area contributed by atoms with Gasteiger partial charge in [-0.3, -0.25) is 9.88 Å². The highest BCUT2D eigenvalue weighted by atomic mass is 19.1. The Morgan fingerprint density at radius 1 is 1.29 bits per heavy atom. The van der Waals surface area contributed by atoms with Crippen LogP contribution in [0.15, 0.2) is 42.7 Å².